The molecule has 3 aromatic heterocycles. The molecule has 2 atom stereocenters. The van der Waals surface area contributed by atoms with E-state index < -0.39 is 0 Å². The zero-order valence-electron chi connectivity index (χ0n) is 18.4. The molecule has 1 aliphatic heterocycles. The Hall–Kier alpha value is -3.19. The highest BCUT2D eigenvalue weighted by Crippen LogP contribution is 2.31. The molecule has 7 heteroatoms. The molecule has 0 fully saturated rings. The number of rotatable bonds is 6. The molecular weight excluding hydrogens is 390 g/mol. The maximum Gasteiger partial charge on any atom is 0.160 e. The van der Waals surface area contributed by atoms with Gasteiger partial charge < -0.3 is 4.74 Å². The van der Waals surface area contributed by atoms with Crippen molar-refractivity contribution in [2.75, 3.05) is 0 Å². The fourth-order valence-electron chi connectivity index (χ4n) is 4.15. The van der Waals surface area contributed by atoms with Gasteiger partial charge in [0.25, 0.3) is 0 Å². The normalized spacial score (nSPS) is 18.6. The second-order valence-corrected chi connectivity index (χ2v) is 8.08. The molecule has 0 aromatic carbocycles. The second kappa shape index (κ2) is 8.89. The first-order chi connectivity index (χ1) is 14.9. The molecule has 0 radical (unpaired) electrons. The maximum atomic E-state index is 12.7. The predicted molar refractivity (Wildman–Crippen MR) is 118 cm³/mol. The number of hydrogen-bond acceptors (Lipinski definition) is 6. The zero-order chi connectivity index (χ0) is 22.0. The van der Waals surface area contributed by atoms with Crippen LogP contribution in [-0.4, -0.2) is 42.7 Å². The molecule has 31 heavy (non-hydrogen) atoms. The second-order valence-electron chi connectivity index (χ2n) is 8.08. The van der Waals surface area contributed by atoms with E-state index in [1.165, 1.54) is 5.57 Å². The summed E-state index contributed by atoms with van der Waals surface area (Å²) in [4.78, 5) is 25.6. The summed E-state index contributed by atoms with van der Waals surface area (Å²) in [6, 6.07) is 5.52. The van der Waals surface area contributed by atoms with Crippen molar-refractivity contribution >= 4 is 11.4 Å². The van der Waals surface area contributed by atoms with Gasteiger partial charge in [-0.3, -0.25) is 14.5 Å². The average molecular weight is 418 g/mol. The Morgan fingerprint density at radius 2 is 1.94 bits per heavy atom. The van der Waals surface area contributed by atoms with Gasteiger partial charge in [0.15, 0.2) is 11.6 Å². The number of ether oxygens (including phenoxy) is 1. The fourth-order valence-corrected chi connectivity index (χ4v) is 4.15. The number of aromatic nitrogens is 5. The van der Waals surface area contributed by atoms with E-state index in [2.05, 4.69) is 40.0 Å². The van der Waals surface area contributed by atoms with E-state index in [0.717, 1.165) is 34.6 Å². The third-order valence-corrected chi connectivity index (χ3v) is 5.45. The van der Waals surface area contributed by atoms with E-state index in [9.17, 15) is 4.79 Å². The molecule has 0 amide bonds. The monoisotopic (exact) mass is 417 g/mol. The molecule has 0 saturated carbocycles. The molecule has 1 aliphatic rings. The Balaban J connectivity index is 1.46. The van der Waals surface area contributed by atoms with Crippen LogP contribution in [0, 0.1) is 13.8 Å². The summed E-state index contributed by atoms with van der Waals surface area (Å²) in [5, 5.41) is 4.65. The van der Waals surface area contributed by atoms with E-state index >= 15 is 0 Å². The van der Waals surface area contributed by atoms with Gasteiger partial charge in [-0.25, -0.2) is 9.97 Å². The van der Waals surface area contributed by atoms with Crippen molar-refractivity contribution in [1.29, 1.82) is 0 Å². The third kappa shape index (κ3) is 4.77. The molecule has 0 bridgehead atoms. The standard InChI is InChI=1S/C24H27N5O2/c1-15-10-20(11-16(2)31-15)23-17(3)28-29(18(23)4)14-22(30)12-21-7-6-19(13-27-21)24-25-8-5-9-26-24/h5-10,13,15-16H,11-12,14H2,1-4H3. The third-order valence-electron chi connectivity index (χ3n) is 5.45. The van der Waals surface area contributed by atoms with Gasteiger partial charge in [0, 0.05) is 41.1 Å². The van der Waals surface area contributed by atoms with Crippen LogP contribution in [0.4, 0.5) is 0 Å². The predicted octanol–water partition coefficient (Wildman–Crippen LogP) is 3.74. The smallest absolute Gasteiger partial charge is 0.160 e. The average Bonchev–Trinajstić information content (AvgIpc) is 3.01. The molecule has 2 unspecified atom stereocenters. The van der Waals surface area contributed by atoms with Crippen molar-refractivity contribution in [2.45, 2.75) is 59.3 Å². The molecule has 0 N–H and O–H groups in total. The lowest BCUT2D eigenvalue weighted by molar-refractivity contribution is -0.119. The largest absolute Gasteiger partial charge is 0.371 e. The highest BCUT2D eigenvalue weighted by molar-refractivity contribution is 5.80. The Bertz CT molecular complexity index is 1100. The van der Waals surface area contributed by atoms with Gasteiger partial charge >= 0.3 is 0 Å². The minimum Gasteiger partial charge on any atom is -0.371 e. The van der Waals surface area contributed by atoms with Crippen molar-refractivity contribution in [1.82, 2.24) is 24.7 Å². The summed E-state index contributed by atoms with van der Waals surface area (Å²) < 4.78 is 7.63. The maximum absolute atomic E-state index is 12.7. The summed E-state index contributed by atoms with van der Waals surface area (Å²) in [6.07, 6.45) is 8.62. The lowest BCUT2D eigenvalue weighted by Gasteiger charge is -2.25. The number of carbonyl (C=O) groups excluding carboxylic acids is 1. The summed E-state index contributed by atoms with van der Waals surface area (Å²) in [5.74, 6) is 0.685. The molecule has 0 aliphatic carbocycles. The number of carbonyl (C=O) groups is 1. The lowest BCUT2D eigenvalue weighted by atomic mass is 9.95. The quantitative estimate of drug-likeness (QED) is 0.608. The van der Waals surface area contributed by atoms with Crippen LogP contribution in [0.3, 0.4) is 0 Å². The number of hydrogen-bond donors (Lipinski definition) is 0. The van der Waals surface area contributed by atoms with E-state index in [4.69, 9.17) is 4.74 Å². The van der Waals surface area contributed by atoms with Crippen LogP contribution >= 0.6 is 0 Å². The summed E-state index contributed by atoms with van der Waals surface area (Å²) in [6.45, 7) is 8.40. The lowest BCUT2D eigenvalue weighted by Crippen LogP contribution is -2.21. The molecule has 3 aromatic rings. The van der Waals surface area contributed by atoms with E-state index in [1.807, 2.05) is 30.7 Å². The number of aryl methyl sites for hydroxylation is 1. The van der Waals surface area contributed by atoms with Crippen molar-refractivity contribution in [3.8, 4) is 11.4 Å². The van der Waals surface area contributed by atoms with E-state index in [1.54, 1.807) is 24.7 Å². The first-order valence-corrected chi connectivity index (χ1v) is 10.5. The minimum absolute atomic E-state index is 0.0658. The number of Topliss-reactive ketones (excluding diaryl/α,β-unsaturated/α-hetero) is 1. The van der Waals surface area contributed by atoms with Crippen molar-refractivity contribution in [3.05, 3.63) is 65.5 Å². The van der Waals surface area contributed by atoms with Crippen LogP contribution in [0.15, 0.2) is 42.9 Å². The van der Waals surface area contributed by atoms with Crippen LogP contribution < -0.4 is 0 Å². The summed E-state index contributed by atoms with van der Waals surface area (Å²) >= 11 is 0. The van der Waals surface area contributed by atoms with Crippen molar-refractivity contribution < 1.29 is 9.53 Å². The Morgan fingerprint density at radius 1 is 1.16 bits per heavy atom. The molecule has 4 heterocycles. The van der Waals surface area contributed by atoms with Gasteiger partial charge in [-0.2, -0.15) is 5.10 Å². The van der Waals surface area contributed by atoms with Crippen LogP contribution in [0.5, 0.6) is 0 Å². The molecule has 160 valence electrons. The highest BCUT2D eigenvalue weighted by atomic mass is 16.5. The number of ketones is 1. The van der Waals surface area contributed by atoms with E-state index in [0.29, 0.717) is 5.82 Å². The van der Waals surface area contributed by atoms with Crippen LogP contribution in [0.1, 0.15) is 42.9 Å². The van der Waals surface area contributed by atoms with Gasteiger partial charge in [-0.05, 0) is 57.9 Å². The van der Waals surface area contributed by atoms with Crippen molar-refractivity contribution in [2.24, 2.45) is 0 Å². The first-order valence-electron chi connectivity index (χ1n) is 10.5. The Labute approximate surface area is 182 Å². The Morgan fingerprint density at radius 3 is 2.61 bits per heavy atom. The SMILES string of the molecule is Cc1nn(CC(=O)Cc2ccc(-c3ncccn3)cn2)c(C)c1C1=CC(C)OC(C)C1. The first kappa shape index (κ1) is 21.1. The summed E-state index contributed by atoms with van der Waals surface area (Å²) in [5.41, 5.74) is 5.90. The van der Waals surface area contributed by atoms with Gasteiger partial charge in [0.2, 0.25) is 0 Å². The van der Waals surface area contributed by atoms with Crippen molar-refractivity contribution in [3.63, 3.8) is 0 Å². The highest BCUT2D eigenvalue weighted by Gasteiger charge is 2.23. The molecular formula is C24H27N5O2. The summed E-state index contributed by atoms with van der Waals surface area (Å²) in [7, 11) is 0. The Kier molecular flexibility index (Phi) is 6.04. The molecule has 0 saturated heterocycles. The zero-order valence-corrected chi connectivity index (χ0v) is 18.4. The topological polar surface area (TPSA) is 82.8 Å². The molecule has 0 spiro atoms. The van der Waals surface area contributed by atoms with Gasteiger partial charge in [0.1, 0.15) is 6.54 Å². The molecule has 4 rings (SSSR count). The van der Waals surface area contributed by atoms with Crippen LogP contribution in [0.25, 0.3) is 17.0 Å². The van der Waals surface area contributed by atoms with Crippen LogP contribution in [-0.2, 0) is 22.5 Å². The van der Waals surface area contributed by atoms with Gasteiger partial charge in [-0.1, -0.05) is 6.08 Å². The number of nitrogens with zero attached hydrogens (tertiary/aromatic N) is 5. The molecule has 7 nitrogen and oxygen atoms in total. The van der Waals surface area contributed by atoms with E-state index in [-0.39, 0.29) is 31.0 Å². The van der Waals surface area contributed by atoms with Gasteiger partial charge in [0.05, 0.1) is 24.3 Å². The number of pyridine rings is 1. The fraction of sp³-hybridized carbons (Fsp3) is 0.375. The minimum atomic E-state index is 0.0658. The van der Waals surface area contributed by atoms with Gasteiger partial charge in [-0.15, -0.1) is 0 Å². The van der Waals surface area contributed by atoms with Crippen LogP contribution in [0.2, 0.25) is 0 Å².